The molecular formula is C19H26N2O2. The normalized spacial score (nSPS) is 17.6. The molecule has 0 unspecified atom stereocenters. The molecule has 124 valence electrons. The van der Waals surface area contributed by atoms with Crippen LogP contribution in [0.15, 0.2) is 30.5 Å². The number of carbonyl (C=O) groups is 1. The largest absolute Gasteiger partial charge is 0.367 e. The van der Waals surface area contributed by atoms with Crippen LogP contribution in [0.4, 0.5) is 0 Å². The van der Waals surface area contributed by atoms with E-state index < -0.39 is 5.41 Å². The topological polar surface area (TPSA) is 34.5 Å². The average Bonchev–Trinajstić information content (AvgIpc) is 2.85. The standard InChI is InChI=1S/C19H26N2O2/c1-19(2,3)18(22)23-21-11-9-14(10-12-21)16-13-20(4)17-8-6-5-7-15(16)17/h5-8,13-14H,9-12H2,1-4H3. The van der Waals surface area contributed by atoms with E-state index in [-0.39, 0.29) is 5.97 Å². The highest BCUT2D eigenvalue weighted by Crippen LogP contribution is 2.34. The zero-order valence-corrected chi connectivity index (χ0v) is 14.5. The van der Waals surface area contributed by atoms with Gasteiger partial charge in [0, 0.05) is 37.2 Å². The summed E-state index contributed by atoms with van der Waals surface area (Å²) >= 11 is 0. The summed E-state index contributed by atoms with van der Waals surface area (Å²) in [6.07, 6.45) is 4.29. The number of benzene rings is 1. The lowest BCUT2D eigenvalue weighted by Gasteiger charge is -2.32. The van der Waals surface area contributed by atoms with Gasteiger partial charge >= 0.3 is 5.97 Å². The predicted octanol–water partition coefficient (Wildman–Crippen LogP) is 3.86. The van der Waals surface area contributed by atoms with Crippen LogP contribution in [0, 0.1) is 5.41 Å². The van der Waals surface area contributed by atoms with Crippen molar-refractivity contribution in [2.75, 3.05) is 13.1 Å². The third kappa shape index (κ3) is 3.27. The number of nitrogens with zero attached hydrogens (tertiary/aromatic N) is 2. The highest BCUT2D eigenvalue weighted by atomic mass is 16.7. The lowest BCUT2D eigenvalue weighted by atomic mass is 9.90. The van der Waals surface area contributed by atoms with Crippen molar-refractivity contribution < 1.29 is 9.63 Å². The van der Waals surface area contributed by atoms with Crippen molar-refractivity contribution in [3.63, 3.8) is 0 Å². The Kier molecular flexibility index (Phi) is 4.19. The summed E-state index contributed by atoms with van der Waals surface area (Å²) in [6.45, 7) is 7.26. The molecule has 0 spiro atoms. The predicted molar refractivity (Wildman–Crippen MR) is 92.0 cm³/mol. The van der Waals surface area contributed by atoms with Gasteiger partial charge in [-0.15, -0.1) is 5.06 Å². The first-order valence-electron chi connectivity index (χ1n) is 8.37. The Bertz CT molecular complexity index is 704. The third-order valence-corrected chi connectivity index (χ3v) is 4.65. The smallest absolute Gasteiger partial charge is 0.330 e. The van der Waals surface area contributed by atoms with Crippen molar-refractivity contribution in [1.82, 2.24) is 9.63 Å². The summed E-state index contributed by atoms with van der Waals surface area (Å²) in [5, 5.41) is 3.18. The van der Waals surface area contributed by atoms with Gasteiger partial charge < -0.3 is 9.40 Å². The SMILES string of the molecule is Cn1cc(C2CCN(OC(=O)C(C)(C)C)CC2)c2ccccc21. The molecule has 1 aliphatic heterocycles. The third-order valence-electron chi connectivity index (χ3n) is 4.65. The molecule has 23 heavy (non-hydrogen) atoms. The van der Waals surface area contributed by atoms with Gasteiger partial charge in [0.2, 0.25) is 0 Å². The van der Waals surface area contributed by atoms with Gasteiger partial charge in [0.15, 0.2) is 0 Å². The zero-order chi connectivity index (χ0) is 16.6. The van der Waals surface area contributed by atoms with Crippen molar-refractivity contribution in [2.45, 2.75) is 39.5 Å². The lowest BCUT2D eigenvalue weighted by molar-refractivity contribution is -0.204. The number of rotatable bonds is 2. The van der Waals surface area contributed by atoms with E-state index in [4.69, 9.17) is 4.84 Å². The maximum atomic E-state index is 12.0. The number of para-hydroxylation sites is 1. The average molecular weight is 314 g/mol. The fourth-order valence-electron chi connectivity index (χ4n) is 3.21. The second kappa shape index (κ2) is 6.00. The maximum Gasteiger partial charge on any atom is 0.330 e. The molecule has 0 aliphatic carbocycles. The van der Waals surface area contributed by atoms with Crippen LogP contribution in [0.2, 0.25) is 0 Å². The van der Waals surface area contributed by atoms with Crippen molar-refractivity contribution in [3.8, 4) is 0 Å². The first-order chi connectivity index (χ1) is 10.9. The summed E-state index contributed by atoms with van der Waals surface area (Å²) in [5.41, 5.74) is 2.25. The summed E-state index contributed by atoms with van der Waals surface area (Å²) in [7, 11) is 2.10. The molecule has 4 nitrogen and oxygen atoms in total. The Balaban J connectivity index is 1.68. The van der Waals surface area contributed by atoms with Crippen molar-refractivity contribution in [1.29, 1.82) is 0 Å². The van der Waals surface area contributed by atoms with E-state index in [0.717, 1.165) is 25.9 Å². The minimum absolute atomic E-state index is 0.152. The Labute approximate surface area is 138 Å². The molecule has 1 fully saturated rings. The molecular weight excluding hydrogens is 288 g/mol. The summed E-state index contributed by atoms with van der Waals surface area (Å²) in [6, 6.07) is 8.56. The van der Waals surface area contributed by atoms with Gasteiger partial charge in [0.25, 0.3) is 0 Å². The number of hydrogen-bond donors (Lipinski definition) is 0. The quantitative estimate of drug-likeness (QED) is 0.844. The number of hydrogen-bond acceptors (Lipinski definition) is 3. The molecule has 0 N–H and O–H groups in total. The molecule has 0 saturated carbocycles. The number of carbonyl (C=O) groups excluding carboxylic acids is 1. The van der Waals surface area contributed by atoms with E-state index in [2.05, 4.69) is 42.1 Å². The molecule has 0 bridgehead atoms. The Morgan fingerprint density at radius 3 is 2.48 bits per heavy atom. The first kappa shape index (κ1) is 16.1. The van der Waals surface area contributed by atoms with Gasteiger partial charge in [-0.3, -0.25) is 0 Å². The van der Waals surface area contributed by atoms with Crippen molar-refractivity contribution >= 4 is 16.9 Å². The molecule has 1 aliphatic rings. The van der Waals surface area contributed by atoms with E-state index in [0.29, 0.717) is 5.92 Å². The summed E-state index contributed by atoms with van der Waals surface area (Å²) in [4.78, 5) is 17.5. The van der Waals surface area contributed by atoms with Crippen LogP contribution in [0.5, 0.6) is 0 Å². The molecule has 4 heteroatoms. The Morgan fingerprint density at radius 2 is 1.83 bits per heavy atom. The van der Waals surface area contributed by atoms with Crippen LogP contribution in [0.25, 0.3) is 10.9 Å². The molecule has 0 atom stereocenters. The van der Waals surface area contributed by atoms with Gasteiger partial charge in [-0.1, -0.05) is 18.2 Å². The van der Waals surface area contributed by atoms with Crippen LogP contribution in [0.3, 0.4) is 0 Å². The Morgan fingerprint density at radius 1 is 1.17 bits per heavy atom. The second-order valence-electron chi connectivity index (χ2n) is 7.54. The van der Waals surface area contributed by atoms with Crippen LogP contribution >= 0.6 is 0 Å². The van der Waals surface area contributed by atoms with Crippen molar-refractivity contribution in [2.24, 2.45) is 12.5 Å². The van der Waals surface area contributed by atoms with Crippen LogP contribution < -0.4 is 0 Å². The zero-order valence-electron chi connectivity index (χ0n) is 14.5. The van der Waals surface area contributed by atoms with Gasteiger partial charge in [0.1, 0.15) is 0 Å². The van der Waals surface area contributed by atoms with Gasteiger partial charge in [-0.05, 0) is 51.2 Å². The number of aromatic nitrogens is 1. The number of fused-ring (bicyclic) bond motifs is 1. The van der Waals surface area contributed by atoms with E-state index in [9.17, 15) is 4.79 Å². The Hall–Kier alpha value is -1.81. The highest BCUT2D eigenvalue weighted by molar-refractivity contribution is 5.84. The van der Waals surface area contributed by atoms with E-state index in [1.54, 1.807) is 0 Å². The number of aryl methyl sites for hydroxylation is 1. The van der Waals surface area contributed by atoms with Crippen molar-refractivity contribution in [3.05, 3.63) is 36.0 Å². The summed E-state index contributed by atoms with van der Waals surface area (Å²) in [5.74, 6) is 0.381. The van der Waals surface area contributed by atoms with Gasteiger partial charge in [-0.25, -0.2) is 4.79 Å². The van der Waals surface area contributed by atoms with Gasteiger partial charge in [0.05, 0.1) is 5.41 Å². The fourth-order valence-corrected chi connectivity index (χ4v) is 3.21. The second-order valence-corrected chi connectivity index (χ2v) is 7.54. The number of hydroxylamine groups is 2. The fraction of sp³-hybridized carbons (Fsp3) is 0.526. The molecule has 0 radical (unpaired) electrons. The van der Waals surface area contributed by atoms with Crippen LogP contribution in [-0.4, -0.2) is 28.7 Å². The molecule has 1 aromatic carbocycles. The molecule has 2 aromatic rings. The molecule has 1 aromatic heterocycles. The van der Waals surface area contributed by atoms with E-state index >= 15 is 0 Å². The number of piperidine rings is 1. The monoisotopic (exact) mass is 314 g/mol. The van der Waals surface area contributed by atoms with E-state index in [1.807, 2.05) is 25.8 Å². The highest BCUT2D eigenvalue weighted by Gasteiger charge is 2.29. The molecule has 0 amide bonds. The maximum absolute atomic E-state index is 12.0. The van der Waals surface area contributed by atoms with Gasteiger partial charge in [-0.2, -0.15) is 0 Å². The minimum Gasteiger partial charge on any atom is -0.367 e. The first-order valence-corrected chi connectivity index (χ1v) is 8.37. The van der Waals surface area contributed by atoms with E-state index in [1.165, 1.54) is 16.5 Å². The van der Waals surface area contributed by atoms with Crippen LogP contribution in [-0.2, 0) is 16.7 Å². The molecule has 2 heterocycles. The molecule has 1 saturated heterocycles. The lowest BCUT2D eigenvalue weighted by Crippen LogP contribution is -2.38. The van der Waals surface area contributed by atoms with Crippen LogP contribution in [0.1, 0.15) is 45.1 Å². The molecule has 3 rings (SSSR count). The summed E-state index contributed by atoms with van der Waals surface area (Å²) < 4.78 is 2.21. The minimum atomic E-state index is -0.452.